The summed E-state index contributed by atoms with van der Waals surface area (Å²) in [6.45, 7) is 3.21. The summed E-state index contributed by atoms with van der Waals surface area (Å²) in [7, 11) is 0. The predicted octanol–water partition coefficient (Wildman–Crippen LogP) is 2.31. The highest BCUT2D eigenvalue weighted by molar-refractivity contribution is 6.30. The van der Waals surface area contributed by atoms with Crippen LogP contribution in [0.3, 0.4) is 0 Å². The molecule has 82 valence electrons. The molecule has 0 spiro atoms. The number of rotatable bonds is 2. The lowest BCUT2D eigenvalue weighted by molar-refractivity contribution is 0.376. The van der Waals surface area contributed by atoms with Crippen molar-refractivity contribution >= 4 is 17.4 Å². The molecule has 1 aromatic rings. The molecule has 0 aliphatic carbocycles. The number of hydrogen-bond acceptors (Lipinski definition) is 3. The number of pyridine rings is 1. The number of hydrogen-bond donors (Lipinski definition) is 2. The smallest absolute Gasteiger partial charge is 0.128 e. The second-order valence-corrected chi connectivity index (χ2v) is 4.49. The van der Waals surface area contributed by atoms with Crippen molar-refractivity contribution in [2.45, 2.75) is 31.7 Å². The Morgan fingerprint density at radius 1 is 1.67 bits per heavy atom. The largest absolute Gasteiger partial charge is 0.383 e. The number of aromatic nitrogens is 1. The van der Waals surface area contributed by atoms with E-state index in [1.165, 1.54) is 6.42 Å². The highest BCUT2D eigenvalue weighted by atomic mass is 35.5. The molecular formula is C11H16ClN3. The van der Waals surface area contributed by atoms with E-state index in [9.17, 15) is 0 Å². The summed E-state index contributed by atoms with van der Waals surface area (Å²) in [4.78, 5) is 4.12. The zero-order chi connectivity index (χ0) is 10.9. The maximum Gasteiger partial charge on any atom is 0.128 e. The fraction of sp³-hybridized carbons (Fsp3) is 0.545. The van der Waals surface area contributed by atoms with Crippen molar-refractivity contribution in [3.63, 3.8) is 0 Å². The van der Waals surface area contributed by atoms with Crippen LogP contribution in [0.4, 0.5) is 5.82 Å². The van der Waals surface area contributed by atoms with Gasteiger partial charge in [0.25, 0.3) is 0 Å². The Morgan fingerprint density at radius 3 is 3.07 bits per heavy atom. The predicted molar refractivity (Wildman–Crippen MR) is 62.9 cm³/mol. The van der Waals surface area contributed by atoms with Crippen LogP contribution in [0.1, 0.15) is 31.7 Å². The molecule has 0 saturated carbocycles. The molecular weight excluding hydrogens is 210 g/mol. The molecule has 3 nitrogen and oxygen atoms in total. The van der Waals surface area contributed by atoms with Gasteiger partial charge >= 0.3 is 0 Å². The van der Waals surface area contributed by atoms with Gasteiger partial charge in [-0.15, -0.1) is 0 Å². The van der Waals surface area contributed by atoms with Crippen molar-refractivity contribution in [1.82, 2.24) is 10.3 Å². The third kappa shape index (κ3) is 1.82. The average molecular weight is 226 g/mol. The second kappa shape index (κ2) is 3.99. The maximum absolute atomic E-state index is 5.97. The van der Waals surface area contributed by atoms with E-state index < -0.39 is 0 Å². The first-order valence-corrected chi connectivity index (χ1v) is 5.72. The molecule has 0 aromatic carbocycles. The molecule has 0 amide bonds. The Kier molecular flexibility index (Phi) is 2.85. The topological polar surface area (TPSA) is 50.9 Å². The van der Waals surface area contributed by atoms with Gasteiger partial charge in [0, 0.05) is 17.3 Å². The van der Waals surface area contributed by atoms with Gasteiger partial charge in [0.05, 0.1) is 5.02 Å². The van der Waals surface area contributed by atoms with E-state index in [1.54, 1.807) is 6.20 Å². The third-order valence-corrected chi connectivity index (χ3v) is 3.45. The minimum atomic E-state index is -0.0119. The zero-order valence-electron chi connectivity index (χ0n) is 8.89. The van der Waals surface area contributed by atoms with Gasteiger partial charge in [-0.25, -0.2) is 4.98 Å². The van der Waals surface area contributed by atoms with E-state index >= 15 is 0 Å². The van der Waals surface area contributed by atoms with Crippen molar-refractivity contribution in [3.8, 4) is 0 Å². The minimum absolute atomic E-state index is 0.0119. The molecule has 2 rings (SSSR count). The number of nitrogen functional groups attached to an aromatic ring is 1. The molecule has 1 unspecified atom stereocenters. The van der Waals surface area contributed by atoms with Crippen LogP contribution in [0.25, 0.3) is 0 Å². The van der Waals surface area contributed by atoms with Crippen molar-refractivity contribution in [2.24, 2.45) is 0 Å². The summed E-state index contributed by atoms with van der Waals surface area (Å²) in [6.07, 6.45) is 4.90. The van der Waals surface area contributed by atoms with Crippen molar-refractivity contribution in [2.75, 3.05) is 12.3 Å². The maximum atomic E-state index is 5.97. The molecule has 1 fully saturated rings. The van der Waals surface area contributed by atoms with Crippen LogP contribution in [0, 0.1) is 0 Å². The Labute approximate surface area is 95.0 Å². The van der Waals surface area contributed by atoms with E-state index in [4.69, 9.17) is 17.3 Å². The minimum Gasteiger partial charge on any atom is -0.383 e. The number of nitrogens with zero attached hydrogens (tertiary/aromatic N) is 1. The number of nitrogens with two attached hydrogens (primary N) is 1. The van der Waals surface area contributed by atoms with Crippen LogP contribution in [-0.4, -0.2) is 11.5 Å². The quantitative estimate of drug-likeness (QED) is 0.812. The summed E-state index contributed by atoms with van der Waals surface area (Å²) in [5.74, 6) is 0.593. The van der Waals surface area contributed by atoms with E-state index in [0.29, 0.717) is 10.8 Å². The molecule has 1 aliphatic heterocycles. The van der Waals surface area contributed by atoms with Crippen LogP contribution in [0.2, 0.25) is 5.02 Å². The highest BCUT2D eigenvalue weighted by Gasteiger charge is 2.35. The van der Waals surface area contributed by atoms with Crippen LogP contribution in [-0.2, 0) is 5.54 Å². The Balaban J connectivity index is 2.46. The number of halogens is 1. The number of anilines is 1. The second-order valence-electron chi connectivity index (χ2n) is 4.05. The van der Waals surface area contributed by atoms with E-state index in [2.05, 4.69) is 17.2 Å². The fourth-order valence-electron chi connectivity index (χ4n) is 2.36. The zero-order valence-corrected chi connectivity index (χ0v) is 9.64. The van der Waals surface area contributed by atoms with E-state index in [1.807, 2.05) is 6.07 Å². The summed E-state index contributed by atoms with van der Waals surface area (Å²) in [5, 5.41) is 4.18. The van der Waals surface area contributed by atoms with Crippen LogP contribution < -0.4 is 11.1 Å². The first-order valence-electron chi connectivity index (χ1n) is 5.34. The number of nitrogens with one attached hydrogen (secondary N) is 1. The van der Waals surface area contributed by atoms with Gasteiger partial charge in [0.15, 0.2) is 0 Å². The van der Waals surface area contributed by atoms with E-state index in [0.717, 1.165) is 24.9 Å². The summed E-state index contributed by atoms with van der Waals surface area (Å²) in [5.41, 5.74) is 6.96. The van der Waals surface area contributed by atoms with Crippen molar-refractivity contribution in [3.05, 3.63) is 22.8 Å². The van der Waals surface area contributed by atoms with Gasteiger partial charge in [-0.3, -0.25) is 0 Å². The van der Waals surface area contributed by atoms with Gasteiger partial charge in [0.2, 0.25) is 0 Å². The first-order chi connectivity index (χ1) is 7.18. The monoisotopic (exact) mass is 225 g/mol. The summed E-state index contributed by atoms with van der Waals surface area (Å²) < 4.78 is 0. The SMILES string of the molecule is CCC1(c2cc(Cl)cnc2N)CCCN1. The third-order valence-electron chi connectivity index (χ3n) is 3.25. The molecule has 2 heterocycles. The standard InChI is InChI=1S/C11H16ClN3/c1-2-11(4-3-5-15-11)9-6-8(12)7-14-10(9)13/h6-7,15H,2-5H2,1H3,(H2,13,14). The molecule has 15 heavy (non-hydrogen) atoms. The normalized spacial score (nSPS) is 25.7. The molecule has 0 radical (unpaired) electrons. The Hall–Kier alpha value is -0.800. The van der Waals surface area contributed by atoms with Gasteiger partial charge in [-0.2, -0.15) is 0 Å². The molecule has 3 N–H and O–H groups in total. The summed E-state index contributed by atoms with van der Waals surface area (Å²) >= 11 is 5.97. The Morgan fingerprint density at radius 2 is 2.47 bits per heavy atom. The molecule has 1 saturated heterocycles. The van der Waals surface area contributed by atoms with Gasteiger partial charge < -0.3 is 11.1 Å². The molecule has 1 aliphatic rings. The molecule has 1 atom stereocenters. The van der Waals surface area contributed by atoms with Crippen LogP contribution >= 0.6 is 11.6 Å². The molecule has 1 aromatic heterocycles. The molecule has 0 bridgehead atoms. The van der Waals surface area contributed by atoms with Crippen LogP contribution in [0.15, 0.2) is 12.3 Å². The van der Waals surface area contributed by atoms with Crippen molar-refractivity contribution < 1.29 is 0 Å². The molecule has 4 heteroatoms. The van der Waals surface area contributed by atoms with Crippen molar-refractivity contribution in [1.29, 1.82) is 0 Å². The van der Waals surface area contributed by atoms with E-state index in [-0.39, 0.29) is 5.54 Å². The van der Waals surface area contributed by atoms with Gasteiger partial charge in [-0.1, -0.05) is 18.5 Å². The lowest BCUT2D eigenvalue weighted by Gasteiger charge is -2.29. The average Bonchev–Trinajstić information content (AvgIpc) is 2.71. The first kappa shape index (κ1) is 10.7. The lowest BCUT2D eigenvalue weighted by Crippen LogP contribution is -2.36. The fourth-order valence-corrected chi connectivity index (χ4v) is 2.52. The Bertz CT molecular complexity index is 359. The highest BCUT2D eigenvalue weighted by Crippen LogP contribution is 2.37. The van der Waals surface area contributed by atoms with Gasteiger partial charge in [-0.05, 0) is 31.9 Å². The lowest BCUT2D eigenvalue weighted by atomic mass is 9.86. The summed E-state index contributed by atoms with van der Waals surface area (Å²) in [6, 6.07) is 1.94. The van der Waals surface area contributed by atoms with Crippen LogP contribution in [0.5, 0.6) is 0 Å². The van der Waals surface area contributed by atoms with Gasteiger partial charge in [0.1, 0.15) is 5.82 Å².